The summed E-state index contributed by atoms with van der Waals surface area (Å²) in [6, 6.07) is 28.5. The second-order valence-corrected chi connectivity index (χ2v) is 12.3. The maximum Gasteiger partial charge on any atom is 0.413 e. The normalized spacial score (nSPS) is 10.5. The SMILES string of the molecule is COc1ccc(I)c2sc(NC(=O)OCc3ccccc3)nc12.COc1cccc2sc(NC(=O)OCc3ccccc3)nc12. The standard InChI is InChI=1S/C16H13IN2O3S.C16H14N2O3S/c1-21-12-8-7-11(17)14-13(12)18-15(23-14)19-16(20)22-9-10-5-3-2-4-6-10;1-20-12-8-5-9-13-14(12)17-15(22-13)18-16(19)21-10-11-6-3-2-4-7-11/h2-8H,9H2,1H3,(H,18,19,20);2-9H,10H2,1H3,(H,17,18,19). The first-order valence-corrected chi connectivity index (χ1v) is 16.2. The summed E-state index contributed by atoms with van der Waals surface area (Å²) < 4.78 is 23.9. The first kappa shape index (κ1) is 31.9. The van der Waals surface area contributed by atoms with Crippen molar-refractivity contribution < 1.29 is 28.5 Å². The minimum atomic E-state index is -0.526. The van der Waals surface area contributed by atoms with Gasteiger partial charge in [0.05, 0.1) is 23.6 Å². The average Bonchev–Trinajstić information content (AvgIpc) is 3.68. The van der Waals surface area contributed by atoms with E-state index in [-0.39, 0.29) is 13.2 Å². The Morgan fingerprint density at radius 2 is 1.20 bits per heavy atom. The number of aromatic nitrogens is 2. The number of amides is 2. The smallest absolute Gasteiger partial charge is 0.413 e. The van der Waals surface area contributed by atoms with Gasteiger partial charge < -0.3 is 18.9 Å². The Kier molecular flexibility index (Phi) is 11.0. The summed E-state index contributed by atoms with van der Waals surface area (Å²) in [6.45, 7) is 0.444. The van der Waals surface area contributed by atoms with E-state index in [1.807, 2.05) is 91.0 Å². The van der Waals surface area contributed by atoms with Crippen molar-refractivity contribution in [1.82, 2.24) is 9.97 Å². The highest BCUT2D eigenvalue weighted by Gasteiger charge is 2.14. The van der Waals surface area contributed by atoms with Crippen LogP contribution >= 0.6 is 45.3 Å². The van der Waals surface area contributed by atoms with E-state index in [0.717, 1.165) is 35.1 Å². The molecule has 10 nitrogen and oxygen atoms in total. The lowest BCUT2D eigenvalue weighted by molar-refractivity contribution is 0.154. The van der Waals surface area contributed by atoms with Crippen LogP contribution in [0.3, 0.4) is 0 Å². The van der Waals surface area contributed by atoms with Crippen LogP contribution in [0.5, 0.6) is 11.5 Å². The molecule has 0 aliphatic rings. The summed E-state index contributed by atoms with van der Waals surface area (Å²) in [4.78, 5) is 32.5. The Bertz CT molecular complexity index is 1900. The molecule has 0 spiro atoms. The number of anilines is 2. The lowest BCUT2D eigenvalue weighted by atomic mass is 10.2. The molecule has 2 aromatic heterocycles. The fourth-order valence-corrected chi connectivity index (χ4v) is 6.51. The van der Waals surface area contributed by atoms with Gasteiger partial charge in [-0.1, -0.05) is 89.4 Å². The molecule has 0 atom stereocenters. The van der Waals surface area contributed by atoms with E-state index in [1.165, 1.54) is 22.7 Å². The fraction of sp³-hybridized carbons (Fsp3) is 0.125. The second-order valence-electron chi connectivity index (χ2n) is 9.15. The number of thiazole rings is 2. The molecule has 0 saturated heterocycles. The number of rotatable bonds is 8. The van der Waals surface area contributed by atoms with Crippen LogP contribution in [0.2, 0.25) is 0 Å². The third kappa shape index (κ3) is 8.59. The van der Waals surface area contributed by atoms with E-state index >= 15 is 0 Å². The third-order valence-electron chi connectivity index (χ3n) is 6.12. The van der Waals surface area contributed by atoms with Gasteiger partial charge in [-0.25, -0.2) is 19.6 Å². The number of carbonyl (C=O) groups is 2. The molecule has 2 amide bonds. The van der Waals surface area contributed by atoms with E-state index in [9.17, 15) is 9.59 Å². The van der Waals surface area contributed by atoms with E-state index in [0.29, 0.717) is 21.8 Å². The molecule has 2 heterocycles. The number of benzene rings is 4. The van der Waals surface area contributed by atoms with E-state index in [2.05, 4.69) is 43.2 Å². The molecule has 0 bridgehead atoms. The number of nitrogens with one attached hydrogen (secondary N) is 2. The number of hydrogen-bond donors (Lipinski definition) is 2. The molecule has 6 rings (SSSR count). The molecule has 230 valence electrons. The number of ether oxygens (including phenoxy) is 4. The summed E-state index contributed by atoms with van der Waals surface area (Å²) in [7, 11) is 3.19. The second kappa shape index (κ2) is 15.5. The van der Waals surface area contributed by atoms with Crippen molar-refractivity contribution in [1.29, 1.82) is 0 Å². The van der Waals surface area contributed by atoms with Gasteiger partial charge in [0.15, 0.2) is 10.3 Å². The zero-order valence-electron chi connectivity index (χ0n) is 24.1. The summed E-state index contributed by atoms with van der Waals surface area (Å²) in [6.07, 6.45) is -1.05. The van der Waals surface area contributed by atoms with Crippen molar-refractivity contribution in [3.8, 4) is 11.5 Å². The molecule has 0 aliphatic carbocycles. The summed E-state index contributed by atoms with van der Waals surface area (Å²) in [5.74, 6) is 1.36. The van der Waals surface area contributed by atoms with Gasteiger partial charge in [-0.05, 0) is 58.0 Å². The fourth-order valence-electron chi connectivity index (χ4n) is 4.01. The van der Waals surface area contributed by atoms with Crippen LogP contribution in [0.1, 0.15) is 11.1 Å². The van der Waals surface area contributed by atoms with Crippen LogP contribution < -0.4 is 20.1 Å². The van der Waals surface area contributed by atoms with Crippen LogP contribution in [-0.2, 0) is 22.7 Å². The Balaban J connectivity index is 0.000000178. The summed E-state index contributed by atoms with van der Waals surface area (Å²) in [5.41, 5.74) is 3.34. The average molecular weight is 755 g/mol. The molecule has 2 N–H and O–H groups in total. The minimum absolute atomic E-state index is 0.221. The number of nitrogens with zero attached hydrogens (tertiary/aromatic N) is 2. The molecular formula is C32H27IN4O6S2. The van der Waals surface area contributed by atoms with Crippen molar-refractivity contribution in [2.75, 3.05) is 24.9 Å². The van der Waals surface area contributed by atoms with Gasteiger partial charge in [0.2, 0.25) is 0 Å². The Morgan fingerprint density at radius 3 is 1.78 bits per heavy atom. The van der Waals surface area contributed by atoms with Gasteiger partial charge in [-0.3, -0.25) is 10.6 Å². The van der Waals surface area contributed by atoms with Crippen molar-refractivity contribution in [3.05, 3.63) is 106 Å². The van der Waals surface area contributed by atoms with Crippen LogP contribution in [0, 0.1) is 3.57 Å². The number of para-hydroxylation sites is 1. The van der Waals surface area contributed by atoms with Crippen LogP contribution in [0.15, 0.2) is 91.0 Å². The lowest BCUT2D eigenvalue weighted by Crippen LogP contribution is -2.13. The number of hydrogen-bond acceptors (Lipinski definition) is 10. The first-order valence-electron chi connectivity index (χ1n) is 13.5. The minimum Gasteiger partial charge on any atom is -0.494 e. The largest absolute Gasteiger partial charge is 0.494 e. The highest BCUT2D eigenvalue weighted by molar-refractivity contribution is 14.1. The zero-order valence-corrected chi connectivity index (χ0v) is 27.9. The molecule has 0 unspecified atom stereocenters. The Hall–Kier alpha value is -4.47. The Morgan fingerprint density at radius 1 is 0.667 bits per heavy atom. The quantitative estimate of drug-likeness (QED) is 0.148. The van der Waals surface area contributed by atoms with Gasteiger partial charge in [-0.15, -0.1) is 0 Å². The highest BCUT2D eigenvalue weighted by atomic mass is 127. The molecule has 45 heavy (non-hydrogen) atoms. The monoisotopic (exact) mass is 754 g/mol. The number of methoxy groups -OCH3 is 2. The van der Waals surface area contributed by atoms with Gasteiger partial charge in [0.25, 0.3) is 0 Å². The Labute approximate surface area is 280 Å². The van der Waals surface area contributed by atoms with Crippen molar-refractivity contribution in [2.45, 2.75) is 13.2 Å². The van der Waals surface area contributed by atoms with E-state index in [4.69, 9.17) is 18.9 Å². The van der Waals surface area contributed by atoms with Crippen LogP contribution in [0.25, 0.3) is 20.4 Å². The topological polar surface area (TPSA) is 121 Å². The molecular weight excluding hydrogens is 727 g/mol. The van der Waals surface area contributed by atoms with Gasteiger partial charge in [0.1, 0.15) is 35.7 Å². The van der Waals surface area contributed by atoms with Crippen LogP contribution in [0.4, 0.5) is 19.9 Å². The highest BCUT2D eigenvalue weighted by Crippen LogP contribution is 2.36. The third-order valence-corrected chi connectivity index (χ3v) is 9.33. The van der Waals surface area contributed by atoms with Crippen molar-refractivity contribution in [2.24, 2.45) is 0 Å². The van der Waals surface area contributed by atoms with Crippen molar-refractivity contribution >= 4 is 88.1 Å². The molecule has 6 aromatic rings. The van der Waals surface area contributed by atoms with E-state index in [1.54, 1.807) is 14.2 Å². The predicted octanol–water partition coefficient (Wildman–Crippen LogP) is 8.71. The molecule has 0 radical (unpaired) electrons. The van der Waals surface area contributed by atoms with Crippen LogP contribution in [-0.4, -0.2) is 36.4 Å². The van der Waals surface area contributed by atoms with E-state index < -0.39 is 12.2 Å². The maximum absolute atomic E-state index is 11.9. The molecule has 0 saturated carbocycles. The molecule has 0 fully saturated rings. The molecule has 0 aliphatic heterocycles. The predicted molar refractivity (Wildman–Crippen MR) is 186 cm³/mol. The lowest BCUT2D eigenvalue weighted by Gasteiger charge is -2.04. The first-order chi connectivity index (χ1) is 21.9. The maximum atomic E-state index is 11.9. The molecule has 13 heteroatoms. The number of fused-ring (bicyclic) bond motifs is 2. The van der Waals surface area contributed by atoms with Gasteiger partial charge in [-0.2, -0.15) is 0 Å². The van der Waals surface area contributed by atoms with Gasteiger partial charge in [0, 0.05) is 3.57 Å². The van der Waals surface area contributed by atoms with Gasteiger partial charge >= 0.3 is 12.2 Å². The summed E-state index contributed by atoms with van der Waals surface area (Å²) >= 11 is 5.00. The van der Waals surface area contributed by atoms with Crippen molar-refractivity contribution in [3.63, 3.8) is 0 Å². The number of carbonyl (C=O) groups excluding carboxylic acids is 2. The summed E-state index contributed by atoms with van der Waals surface area (Å²) in [5, 5.41) is 6.28. The zero-order chi connectivity index (χ0) is 31.6. The molecule has 4 aromatic carbocycles. The number of halogens is 1.